The molecule has 0 aliphatic carbocycles. The van der Waals surface area contributed by atoms with E-state index in [0.29, 0.717) is 18.1 Å². The molecule has 0 saturated carbocycles. The van der Waals surface area contributed by atoms with Crippen LogP contribution in [0, 0.1) is 11.3 Å². The molecule has 0 radical (unpaired) electrons. The number of methoxy groups -OCH3 is 1. The zero-order valence-corrected chi connectivity index (χ0v) is 12.0. The van der Waals surface area contributed by atoms with Crippen LogP contribution in [0.25, 0.3) is 0 Å². The van der Waals surface area contributed by atoms with Gasteiger partial charge in [0.05, 0.1) is 7.11 Å². The van der Waals surface area contributed by atoms with Gasteiger partial charge in [0.15, 0.2) is 0 Å². The van der Waals surface area contributed by atoms with Crippen LogP contribution < -0.4 is 10.1 Å². The fourth-order valence-corrected chi connectivity index (χ4v) is 2.96. The van der Waals surface area contributed by atoms with Crippen molar-refractivity contribution in [3.63, 3.8) is 0 Å². The Bertz CT molecular complexity index is 448. The number of benzene rings is 1. The first kappa shape index (κ1) is 14.1. The van der Waals surface area contributed by atoms with Crippen molar-refractivity contribution in [2.24, 2.45) is 11.3 Å². The molecule has 3 heteroatoms. The molecule has 1 atom stereocenters. The number of Topliss-reactive ketones (excluding diaryl/α,β-unsaturated/α-hetero) is 1. The van der Waals surface area contributed by atoms with Crippen molar-refractivity contribution in [3.8, 4) is 5.75 Å². The number of carbonyl (C=O) groups is 1. The number of ether oxygens (including phenoxy) is 1. The number of ketones is 1. The maximum atomic E-state index is 12.8. The second-order valence-corrected chi connectivity index (χ2v) is 5.65. The molecular weight excluding hydrogens is 238 g/mol. The largest absolute Gasteiger partial charge is 0.496 e. The quantitative estimate of drug-likeness (QED) is 0.884. The Balaban J connectivity index is 2.20. The van der Waals surface area contributed by atoms with E-state index in [2.05, 4.69) is 19.2 Å². The van der Waals surface area contributed by atoms with E-state index < -0.39 is 0 Å². The molecule has 1 saturated heterocycles. The highest BCUT2D eigenvalue weighted by Gasteiger charge is 2.43. The summed E-state index contributed by atoms with van der Waals surface area (Å²) in [6.07, 6.45) is 1.41. The molecule has 1 fully saturated rings. The Kier molecular flexibility index (Phi) is 4.25. The zero-order valence-electron chi connectivity index (χ0n) is 12.0. The van der Waals surface area contributed by atoms with Crippen LogP contribution in [-0.4, -0.2) is 26.0 Å². The second kappa shape index (κ2) is 5.74. The zero-order chi connectivity index (χ0) is 13.9. The van der Waals surface area contributed by atoms with Crippen LogP contribution in [0.3, 0.4) is 0 Å². The normalized spacial score (nSPS) is 22.7. The van der Waals surface area contributed by atoms with Crippen molar-refractivity contribution in [2.45, 2.75) is 26.7 Å². The van der Waals surface area contributed by atoms with Crippen LogP contribution in [0.5, 0.6) is 5.75 Å². The first-order valence-corrected chi connectivity index (χ1v) is 6.96. The summed E-state index contributed by atoms with van der Waals surface area (Å²) >= 11 is 0. The SMILES string of the molecule is COc1ccccc1CC(=O)C1(C(C)C)CCNC1. The maximum absolute atomic E-state index is 12.8. The number of carbonyl (C=O) groups excluding carboxylic acids is 1. The molecule has 1 aromatic rings. The standard InChI is InChI=1S/C16H23NO2/c1-12(2)16(8-9-17-11-16)15(18)10-13-6-4-5-7-14(13)19-3/h4-7,12,17H,8-11H2,1-3H3. The van der Waals surface area contributed by atoms with Crippen LogP contribution >= 0.6 is 0 Å². The first-order chi connectivity index (χ1) is 9.10. The number of hydrogen-bond donors (Lipinski definition) is 1. The Hall–Kier alpha value is -1.35. The summed E-state index contributed by atoms with van der Waals surface area (Å²) in [7, 11) is 1.65. The summed E-state index contributed by atoms with van der Waals surface area (Å²) in [4.78, 5) is 12.8. The average molecular weight is 261 g/mol. The van der Waals surface area contributed by atoms with E-state index in [4.69, 9.17) is 4.74 Å². The Labute approximate surface area is 115 Å². The third kappa shape index (κ3) is 2.66. The van der Waals surface area contributed by atoms with Gasteiger partial charge in [-0.05, 0) is 24.9 Å². The summed E-state index contributed by atoms with van der Waals surface area (Å²) < 4.78 is 5.33. The van der Waals surface area contributed by atoms with Crippen LogP contribution in [0.15, 0.2) is 24.3 Å². The molecule has 1 N–H and O–H groups in total. The molecule has 1 aliphatic rings. The summed E-state index contributed by atoms with van der Waals surface area (Å²) in [5.74, 6) is 1.50. The lowest BCUT2D eigenvalue weighted by Crippen LogP contribution is -2.39. The minimum Gasteiger partial charge on any atom is -0.496 e. The van der Waals surface area contributed by atoms with Gasteiger partial charge >= 0.3 is 0 Å². The predicted molar refractivity (Wildman–Crippen MR) is 76.5 cm³/mol. The van der Waals surface area contributed by atoms with Gasteiger partial charge in [0.2, 0.25) is 0 Å². The molecule has 0 amide bonds. The number of rotatable bonds is 5. The van der Waals surface area contributed by atoms with Gasteiger partial charge in [0.1, 0.15) is 11.5 Å². The van der Waals surface area contributed by atoms with Crippen LogP contribution in [0.2, 0.25) is 0 Å². The molecule has 3 nitrogen and oxygen atoms in total. The topological polar surface area (TPSA) is 38.3 Å². The molecule has 19 heavy (non-hydrogen) atoms. The van der Waals surface area contributed by atoms with E-state index >= 15 is 0 Å². The van der Waals surface area contributed by atoms with Gasteiger partial charge in [-0.1, -0.05) is 32.0 Å². The summed E-state index contributed by atoms with van der Waals surface area (Å²) in [5.41, 5.74) is 0.780. The van der Waals surface area contributed by atoms with Gasteiger partial charge in [-0.2, -0.15) is 0 Å². The lowest BCUT2D eigenvalue weighted by Gasteiger charge is -2.31. The minimum absolute atomic E-state index is 0.207. The van der Waals surface area contributed by atoms with Gasteiger partial charge < -0.3 is 10.1 Å². The van der Waals surface area contributed by atoms with Crippen molar-refractivity contribution < 1.29 is 9.53 Å². The number of hydrogen-bond acceptors (Lipinski definition) is 3. The van der Waals surface area contributed by atoms with Crippen LogP contribution in [-0.2, 0) is 11.2 Å². The van der Waals surface area contributed by atoms with E-state index in [9.17, 15) is 4.79 Å². The second-order valence-electron chi connectivity index (χ2n) is 5.65. The van der Waals surface area contributed by atoms with Gasteiger partial charge in [-0.25, -0.2) is 0 Å². The van der Waals surface area contributed by atoms with Crippen LogP contribution in [0.4, 0.5) is 0 Å². The molecule has 0 spiro atoms. The Morgan fingerprint density at radius 1 is 1.42 bits per heavy atom. The van der Waals surface area contributed by atoms with E-state index in [1.54, 1.807) is 7.11 Å². The third-order valence-corrected chi connectivity index (χ3v) is 4.39. The monoisotopic (exact) mass is 261 g/mol. The molecule has 0 bridgehead atoms. The molecule has 1 aliphatic heterocycles. The third-order valence-electron chi connectivity index (χ3n) is 4.39. The van der Waals surface area contributed by atoms with Crippen molar-refractivity contribution in [2.75, 3.05) is 20.2 Å². The van der Waals surface area contributed by atoms with Gasteiger partial charge in [0, 0.05) is 23.9 Å². The molecule has 1 aromatic carbocycles. The highest BCUT2D eigenvalue weighted by Crippen LogP contribution is 2.36. The van der Waals surface area contributed by atoms with E-state index in [0.717, 1.165) is 30.8 Å². The minimum atomic E-state index is -0.207. The molecule has 1 heterocycles. The Morgan fingerprint density at radius 2 is 2.16 bits per heavy atom. The van der Waals surface area contributed by atoms with E-state index in [-0.39, 0.29) is 5.41 Å². The molecule has 104 valence electrons. The summed E-state index contributed by atoms with van der Waals surface area (Å²) in [5, 5.41) is 3.34. The van der Waals surface area contributed by atoms with Gasteiger partial charge in [-0.15, -0.1) is 0 Å². The lowest BCUT2D eigenvalue weighted by atomic mass is 9.71. The Morgan fingerprint density at radius 3 is 2.74 bits per heavy atom. The maximum Gasteiger partial charge on any atom is 0.145 e. The van der Waals surface area contributed by atoms with E-state index in [1.165, 1.54) is 0 Å². The average Bonchev–Trinajstić information content (AvgIpc) is 2.90. The van der Waals surface area contributed by atoms with Crippen LogP contribution in [0.1, 0.15) is 25.8 Å². The van der Waals surface area contributed by atoms with Crippen molar-refractivity contribution in [3.05, 3.63) is 29.8 Å². The number of nitrogens with one attached hydrogen (secondary N) is 1. The molecule has 0 aromatic heterocycles. The fraction of sp³-hybridized carbons (Fsp3) is 0.562. The highest BCUT2D eigenvalue weighted by atomic mass is 16.5. The van der Waals surface area contributed by atoms with Crippen molar-refractivity contribution >= 4 is 5.78 Å². The highest BCUT2D eigenvalue weighted by molar-refractivity contribution is 5.88. The number of para-hydroxylation sites is 1. The molecular formula is C16H23NO2. The summed E-state index contributed by atoms with van der Waals surface area (Å²) in [6.45, 7) is 6.04. The summed E-state index contributed by atoms with van der Waals surface area (Å²) in [6, 6.07) is 7.78. The molecule has 1 unspecified atom stereocenters. The van der Waals surface area contributed by atoms with E-state index in [1.807, 2.05) is 24.3 Å². The molecule has 2 rings (SSSR count). The van der Waals surface area contributed by atoms with Crippen molar-refractivity contribution in [1.29, 1.82) is 0 Å². The fourth-order valence-electron chi connectivity index (χ4n) is 2.96. The van der Waals surface area contributed by atoms with Gasteiger partial charge in [-0.3, -0.25) is 4.79 Å². The lowest BCUT2D eigenvalue weighted by molar-refractivity contribution is -0.129. The predicted octanol–water partition coefficient (Wildman–Crippen LogP) is 2.44. The van der Waals surface area contributed by atoms with Crippen molar-refractivity contribution in [1.82, 2.24) is 5.32 Å². The van der Waals surface area contributed by atoms with Gasteiger partial charge in [0.25, 0.3) is 0 Å². The smallest absolute Gasteiger partial charge is 0.145 e. The first-order valence-electron chi connectivity index (χ1n) is 6.96.